The maximum Gasteiger partial charge on any atom is 0.103 e. The van der Waals surface area contributed by atoms with Gasteiger partial charge in [0.1, 0.15) is 6.07 Å². The Morgan fingerprint density at radius 1 is 1.47 bits per heavy atom. The van der Waals surface area contributed by atoms with Crippen molar-refractivity contribution in [3.63, 3.8) is 0 Å². The van der Waals surface area contributed by atoms with E-state index in [9.17, 15) is 10.4 Å². The fourth-order valence-electron chi connectivity index (χ4n) is 2.56. The number of nitrogens with zero attached hydrogens (tertiary/aromatic N) is 2. The normalized spacial score (nSPS) is 21.6. The maximum atomic E-state index is 9.39. The molecule has 1 saturated carbocycles. The van der Waals surface area contributed by atoms with E-state index in [1.807, 2.05) is 25.2 Å². The van der Waals surface area contributed by atoms with Crippen LogP contribution in [0.1, 0.15) is 25.3 Å². The van der Waals surface area contributed by atoms with Crippen LogP contribution >= 0.6 is 11.8 Å². The molecular formula is C15H20N2OS. The highest BCUT2D eigenvalue weighted by atomic mass is 32.2. The molecule has 0 radical (unpaired) electrons. The largest absolute Gasteiger partial charge is 0.393 e. The van der Waals surface area contributed by atoms with Crippen LogP contribution in [0.25, 0.3) is 0 Å². The summed E-state index contributed by atoms with van der Waals surface area (Å²) in [5.41, 5.74) is 1.78. The summed E-state index contributed by atoms with van der Waals surface area (Å²) in [6.45, 7) is 3.00. The number of anilines is 1. The van der Waals surface area contributed by atoms with Crippen LogP contribution in [-0.2, 0) is 0 Å². The lowest BCUT2D eigenvalue weighted by Gasteiger charge is -2.35. The Kier molecular flexibility index (Phi) is 4.73. The number of aliphatic hydroxyl groups is 1. The molecule has 0 saturated heterocycles. The van der Waals surface area contributed by atoms with Gasteiger partial charge in [-0.05, 0) is 36.6 Å². The van der Waals surface area contributed by atoms with E-state index in [0.29, 0.717) is 5.92 Å². The second-order valence-electron chi connectivity index (χ2n) is 5.07. The van der Waals surface area contributed by atoms with Gasteiger partial charge >= 0.3 is 0 Å². The summed E-state index contributed by atoms with van der Waals surface area (Å²) in [6, 6.07) is 8.37. The molecule has 0 heterocycles. The van der Waals surface area contributed by atoms with Crippen LogP contribution in [0.5, 0.6) is 0 Å². The molecule has 1 aromatic rings. The highest BCUT2D eigenvalue weighted by Crippen LogP contribution is 2.33. The molecule has 0 atom stereocenters. The highest BCUT2D eigenvalue weighted by Gasteiger charge is 2.28. The first-order valence-electron chi connectivity index (χ1n) is 6.70. The van der Waals surface area contributed by atoms with Crippen LogP contribution in [0.2, 0.25) is 0 Å². The lowest BCUT2D eigenvalue weighted by atomic mass is 9.82. The molecule has 1 aromatic carbocycles. The molecular weight excluding hydrogens is 256 g/mol. The fourth-order valence-corrected chi connectivity index (χ4v) is 3.34. The summed E-state index contributed by atoms with van der Waals surface area (Å²) in [5, 5.41) is 18.7. The average molecular weight is 276 g/mol. The third-order valence-electron chi connectivity index (χ3n) is 3.57. The molecule has 1 aliphatic carbocycles. The third kappa shape index (κ3) is 3.23. The first-order valence-corrected chi connectivity index (χ1v) is 7.69. The predicted octanol–water partition coefficient (Wildman–Crippen LogP) is 2.88. The number of aliphatic hydroxyl groups excluding tert-OH is 1. The van der Waals surface area contributed by atoms with Crippen LogP contribution in [0.15, 0.2) is 23.1 Å². The van der Waals surface area contributed by atoms with Gasteiger partial charge in [0.2, 0.25) is 0 Å². The van der Waals surface area contributed by atoms with Gasteiger partial charge in [-0.25, -0.2) is 0 Å². The Morgan fingerprint density at radius 3 is 2.79 bits per heavy atom. The molecule has 1 fully saturated rings. The van der Waals surface area contributed by atoms with Crippen LogP contribution in [0.4, 0.5) is 5.69 Å². The summed E-state index contributed by atoms with van der Waals surface area (Å²) < 4.78 is 0. The number of rotatable bonds is 5. The molecule has 0 aromatic heterocycles. The van der Waals surface area contributed by atoms with Crippen molar-refractivity contribution in [3.8, 4) is 6.07 Å². The van der Waals surface area contributed by atoms with Gasteiger partial charge < -0.3 is 10.0 Å². The smallest absolute Gasteiger partial charge is 0.103 e. The molecule has 0 unspecified atom stereocenters. The fraction of sp³-hybridized carbons (Fsp3) is 0.533. The molecule has 2 rings (SSSR count). The number of thioether (sulfide) groups is 1. The van der Waals surface area contributed by atoms with Gasteiger partial charge in [-0.2, -0.15) is 5.26 Å². The lowest BCUT2D eigenvalue weighted by molar-refractivity contribution is 0.0465. The van der Waals surface area contributed by atoms with Crippen LogP contribution in [-0.4, -0.2) is 30.6 Å². The van der Waals surface area contributed by atoms with E-state index in [1.165, 1.54) is 0 Å². The third-order valence-corrected chi connectivity index (χ3v) is 4.51. The zero-order valence-corrected chi connectivity index (χ0v) is 12.3. The van der Waals surface area contributed by atoms with Gasteiger partial charge in [0.05, 0.1) is 17.4 Å². The SMILES string of the molecule is CCSc1cccc(N(C)CC2CC(O)C2)c1C#N. The first-order chi connectivity index (χ1) is 9.15. The zero-order valence-electron chi connectivity index (χ0n) is 11.5. The summed E-state index contributed by atoms with van der Waals surface area (Å²) >= 11 is 1.71. The van der Waals surface area contributed by atoms with E-state index in [2.05, 4.69) is 17.9 Å². The molecule has 0 bridgehead atoms. The highest BCUT2D eigenvalue weighted by molar-refractivity contribution is 7.99. The van der Waals surface area contributed by atoms with Crippen molar-refractivity contribution >= 4 is 17.4 Å². The second kappa shape index (κ2) is 6.31. The van der Waals surface area contributed by atoms with Crippen molar-refractivity contribution in [3.05, 3.63) is 23.8 Å². The van der Waals surface area contributed by atoms with Crippen molar-refractivity contribution in [2.24, 2.45) is 5.92 Å². The molecule has 4 heteroatoms. The lowest BCUT2D eigenvalue weighted by Crippen LogP contribution is -2.37. The van der Waals surface area contributed by atoms with E-state index < -0.39 is 0 Å². The predicted molar refractivity (Wildman–Crippen MR) is 79.6 cm³/mol. The minimum atomic E-state index is -0.115. The van der Waals surface area contributed by atoms with Crippen LogP contribution in [0, 0.1) is 17.2 Å². The molecule has 0 amide bonds. The van der Waals surface area contributed by atoms with Crippen molar-refractivity contribution in [1.82, 2.24) is 0 Å². The molecule has 0 spiro atoms. The standard InChI is InChI=1S/C15H20N2OS/c1-3-19-15-6-4-5-14(13(15)9-16)17(2)10-11-7-12(18)8-11/h4-6,11-12,18H,3,7-8,10H2,1-2H3. The minimum Gasteiger partial charge on any atom is -0.393 e. The Morgan fingerprint density at radius 2 is 2.21 bits per heavy atom. The van der Waals surface area contributed by atoms with Crippen molar-refractivity contribution in [2.75, 3.05) is 24.2 Å². The Balaban J connectivity index is 2.14. The van der Waals surface area contributed by atoms with E-state index in [0.717, 1.165) is 41.3 Å². The number of benzene rings is 1. The monoisotopic (exact) mass is 276 g/mol. The minimum absolute atomic E-state index is 0.115. The van der Waals surface area contributed by atoms with Crippen molar-refractivity contribution in [1.29, 1.82) is 5.26 Å². The molecule has 102 valence electrons. The maximum absolute atomic E-state index is 9.39. The summed E-state index contributed by atoms with van der Waals surface area (Å²) in [4.78, 5) is 3.21. The van der Waals surface area contributed by atoms with Gasteiger partial charge in [0.25, 0.3) is 0 Å². The van der Waals surface area contributed by atoms with E-state index >= 15 is 0 Å². The van der Waals surface area contributed by atoms with Crippen LogP contribution in [0.3, 0.4) is 0 Å². The van der Waals surface area contributed by atoms with Gasteiger partial charge in [-0.15, -0.1) is 11.8 Å². The van der Waals surface area contributed by atoms with Gasteiger partial charge in [-0.1, -0.05) is 13.0 Å². The van der Waals surface area contributed by atoms with E-state index in [-0.39, 0.29) is 6.10 Å². The zero-order chi connectivity index (χ0) is 13.8. The Hall–Kier alpha value is -1.18. The van der Waals surface area contributed by atoms with Crippen molar-refractivity contribution < 1.29 is 5.11 Å². The van der Waals surface area contributed by atoms with Gasteiger partial charge in [-0.3, -0.25) is 0 Å². The molecule has 3 nitrogen and oxygen atoms in total. The first kappa shape index (κ1) is 14.2. The summed E-state index contributed by atoms with van der Waals surface area (Å²) in [7, 11) is 2.03. The number of nitriles is 1. The summed E-state index contributed by atoms with van der Waals surface area (Å²) in [5.74, 6) is 1.52. The number of hydrogen-bond donors (Lipinski definition) is 1. The van der Waals surface area contributed by atoms with E-state index in [1.54, 1.807) is 11.8 Å². The van der Waals surface area contributed by atoms with E-state index in [4.69, 9.17) is 0 Å². The Bertz CT molecular complexity index is 478. The second-order valence-corrected chi connectivity index (χ2v) is 6.37. The molecule has 1 N–H and O–H groups in total. The molecule has 1 aliphatic rings. The average Bonchev–Trinajstić information content (AvgIpc) is 2.37. The van der Waals surface area contributed by atoms with Gasteiger partial charge in [0, 0.05) is 18.5 Å². The van der Waals surface area contributed by atoms with Crippen molar-refractivity contribution in [2.45, 2.75) is 30.8 Å². The van der Waals surface area contributed by atoms with Crippen LogP contribution < -0.4 is 4.90 Å². The topological polar surface area (TPSA) is 47.3 Å². The molecule has 0 aliphatic heterocycles. The summed E-state index contributed by atoms with van der Waals surface area (Å²) in [6.07, 6.45) is 1.65. The Labute approximate surface area is 119 Å². The van der Waals surface area contributed by atoms with Gasteiger partial charge in [0.15, 0.2) is 0 Å². The molecule has 19 heavy (non-hydrogen) atoms. The number of hydrogen-bond acceptors (Lipinski definition) is 4. The quantitative estimate of drug-likeness (QED) is 0.840.